The van der Waals surface area contributed by atoms with Crippen molar-refractivity contribution in [3.8, 4) is 11.5 Å². The molecule has 6 nitrogen and oxygen atoms in total. The number of hydrogen-bond donors (Lipinski definition) is 0. The Balaban J connectivity index is 1.65. The summed E-state index contributed by atoms with van der Waals surface area (Å²) in [5.41, 5.74) is 1.32. The van der Waals surface area contributed by atoms with E-state index < -0.39 is 5.41 Å². The molecule has 2 aromatic heterocycles. The van der Waals surface area contributed by atoms with Gasteiger partial charge in [0.2, 0.25) is 5.91 Å². The summed E-state index contributed by atoms with van der Waals surface area (Å²) in [5, 5.41) is 0. The van der Waals surface area contributed by atoms with Gasteiger partial charge in [-0.3, -0.25) is 4.79 Å². The van der Waals surface area contributed by atoms with Gasteiger partial charge in [-0.25, -0.2) is 15.0 Å². The molecule has 1 saturated heterocycles. The highest BCUT2D eigenvalue weighted by Gasteiger charge is 2.33. The number of piperidine rings is 1. The second kappa shape index (κ2) is 7.97. The molecule has 1 amide bonds. The van der Waals surface area contributed by atoms with E-state index in [4.69, 9.17) is 16.6 Å². The quantitative estimate of drug-likeness (QED) is 0.736. The van der Waals surface area contributed by atoms with E-state index in [2.05, 4.69) is 9.97 Å². The number of likely N-dealkylation sites (tertiary alicyclic amines) is 1. The molecule has 3 rings (SSSR count). The number of aromatic nitrogens is 4. The summed E-state index contributed by atoms with van der Waals surface area (Å²) >= 11 is 5.96. The van der Waals surface area contributed by atoms with Crippen molar-refractivity contribution in [1.29, 1.82) is 0 Å². The molecule has 146 valence electrons. The van der Waals surface area contributed by atoms with Crippen LogP contribution in [0.2, 0.25) is 0 Å². The summed E-state index contributed by atoms with van der Waals surface area (Å²) in [5.74, 6) is 2.70. The van der Waals surface area contributed by atoms with Crippen LogP contribution < -0.4 is 0 Å². The monoisotopic (exact) mass is 389 g/mol. The van der Waals surface area contributed by atoms with E-state index >= 15 is 0 Å². The zero-order chi connectivity index (χ0) is 19.6. The Labute approximate surface area is 166 Å². The molecule has 7 heteroatoms. The van der Waals surface area contributed by atoms with E-state index in [0.29, 0.717) is 11.8 Å². The number of halogens is 1. The molecule has 0 radical (unpaired) electrons. The van der Waals surface area contributed by atoms with Gasteiger partial charge in [-0.2, -0.15) is 0 Å². The Morgan fingerprint density at radius 3 is 2.59 bits per heavy atom. The largest absolute Gasteiger partial charge is 0.342 e. The van der Waals surface area contributed by atoms with Gasteiger partial charge in [0.05, 0.1) is 5.41 Å². The van der Waals surface area contributed by atoms with Crippen molar-refractivity contribution in [2.45, 2.75) is 40.0 Å². The van der Waals surface area contributed by atoms with Crippen LogP contribution >= 0.6 is 11.6 Å². The molecule has 0 saturated carbocycles. The molecule has 0 atom stereocenters. The molecule has 0 aromatic carbocycles. The first-order valence-electron chi connectivity index (χ1n) is 9.48. The first-order chi connectivity index (χ1) is 12.8. The van der Waals surface area contributed by atoms with Crippen LogP contribution in [0.3, 0.4) is 0 Å². The zero-order valence-corrected chi connectivity index (χ0v) is 17.3. The van der Waals surface area contributed by atoms with Crippen LogP contribution in [0, 0.1) is 18.3 Å². The van der Waals surface area contributed by atoms with Crippen LogP contribution in [-0.2, 0) is 18.3 Å². The van der Waals surface area contributed by atoms with Crippen molar-refractivity contribution in [2.75, 3.05) is 19.0 Å². The molecule has 2 aromatic rings. The fourth-order valence-electron chi connectivity index (χ4n) is 3.53. The predicted molar refractivity (Wildman–Crippen MR) is 106 cm³/mol. The van der Waals surface area contributed by atoms with E-state index in [0.717, 1.165) is 55.4 Å². The number of aryl methyl sites for hydroxylation is 2. The topological polar surface area (TPSA) is 63.9 Å². The van der Waals surface area contributed by atoms with E-state index in [1.165, 1.54) is 0 Å². The fraction of sp³-hybridized carbons (Fsp3) is 0.600. The normalized spacial score (nSPS) is 16.0. The number of hydrogen-bond acceptors (Lipinski definition) is 4. The molecule has 27 heavy (non-hydrogen) atoms. The number of alkyl halides is 1. The van der Waals surface area contributed by atoms with Gasteiger partial charge >= 0.3 is 0 Å². The highest BCUT2D eigenvalue weighted by Crippen LogP contribution is 2.27. The average molecular weight is 390 g/mol. The second-order valence-corrected chi connectivity index (χ2v) is 8.40. The van der Waals surface area contributed by atoms with Crippen molar-refractivity contribution < 1.29 is 4.79 Å². The lowest BCUT2D eigenvalue weighted by molar-refractivity contribution is -0.140. The maximum atomic E-state index is 12.6. The number of imidazole rings is 1. The minimum atomic E-state index is -0.495. The van der Waals surface area contributed by atoms with Gasteiger partial charge in [-0.05, 0) is 45.6 Å². The van der Waals surface area contributed by atoms with Crippen LogP contribution in [0.15, 0.2) is 18.5 Å². The summed E-state index contributed by atoms with van der Waals surface area (Å²) in [7, 11) is 1.97. The Hall–Kier alpha value is -1.95. The number of carbonyl (C=O) groups excluding carboxylic acids is 1. The lowest BCUT2D eigenvalue weighted by Gasteiger charge is -2.36. The third kappa shape index (κ3) is 4.49. The number of rotatable bonds is 5. The minimum absolute atomic E-state index is 0.153. The molecule has 1 fully saturated rings. The van der Waals surface area contributed by atoms with Crippen LogP contribution in [0.5, 0.6) is 0 Å². The molecule has 1 aliphatic heterocycles. The van der Waals surface area contributed by atoms with E-state index in [9.17, 15) is 4.79 Å². The lowest BCUT2D eigenvalue weighted by Crippen LogP contribution is -2.46. The van der Waals surface area contributed by atoms with Gasteiger partial charge < -0.3 is 9.47 Å². The maximum absolute atomic E-state index is 12.6. The summed E-state index contributed by atoms with van der Waals surface area (Å²) in [6, 6.07) is 1.97. The third-order valence-electron chi connectivity index (χ3n) is 5.24. The highest BCUT2D eigenvalue weighted by atomic mass is 35.5. The number of nitrogens with zero attached hydrogens (tertiary/aromatic N) is 5. The summed E-state index contributed by atoms with van der Waals surface area (Å²) in [6.07, 6.45) is 6.47. The van der Waals surface area contributed by atoms with Gasteiger partial charge in [-0.15, -0.1) is 11.6 Å². The lowest BCUT2D eigenvalue weighted by atomic mass is 9.89. The minimum Gasteiger partial charge on any atom is -0.342 e. The summed E-state index contributed by atoms with van der Waals surface area (Å²) in [4.78, 5) is 28.3. The maximum Gasteiger partial charge on any atom is 0.229 e. The molecular formula is C20H28ClN5O. The molecule has 0 unspecified atom stereocenters. The smallest absolute Gasteiger partial charge is 0.229 e. The standard InChI is InChI=1S/C20H28ClN5O/c1-14-11-16(18-22-7-10-25(18)4)24-17(23-14)12-15-5-8-26(9-6-15)19(27)20(2,3)13-21/h7,10-11,15H,5-6,8-9,12-13H2,1-4H3. The Morgan fingerprint density at radius 1 is 1.30 bits per heavy atom. The number of amides is 1. The van der Waals surface area contributed by atoms with E-state index in [1.54, 1.807) is 6.20 Å². The molecular weight excluding hydrogens is 362 g/mol. The van der Waals surface area contributed by atoms with Crippen LogP contribution in [0.4, 0.5) is 0 Å². The Morgan fingerprint density at radius 2 is 2.00 bits per heavy atom. The van der Waals surface area contributed by atoms with Gasteiger partial charge in [0.15, 0.2) is 5.82 Å². The van der Waals surface area contributed by atoms with Gasteiger partial charge in [0.25, 0.3) is 0 Å². The van der Waals surface area contributed by atoms with Gasteiger partial charge in [0, 0.05) is 50.5 Å². The van der Waals surface area contributed by atoms with Crippen molar-refractivity contribution in [1.82, 2.24) is 24.4 Å². The second-order valence-electron chi connectivity index (χ2n) is 8.13. The molecule has 1 aliphatic rings. The number of carbonyl (C=O) groups is 1. The van der Waals surface area contributed by atoms with Crippen molar-refractivity contribution >= 4 is 17.5 Å². The molecule has 0 N–H and O–H groups in total. The van der Waals surface area contributed by atoms with E-state index in [1.807, 2.05) is 49.5 Å². The molecule has 0 aliphatic carbocycles. The fourth-order valence-corrected chi connectivity index (χ4v) is 3.65. The molecule has 0 spiro atoms. The Kier molecular flexibility index (Phi) is 5.84. The SMILES string of the molecule is Cc1cc(-c2nccn2C)nc(CC2CCN(C(=O)C(C)(C)CCl)CC2)n1. The molecule has 0 bridgehead atoms. The Bertz CT molecular complexity index is 808. The summed E-state index contributed by atoms with van der Waals surface area (Å²) in [6.45, 7) is 7.37. The van der Waals surface area contributed by atoms with Crippen molar-refractivity contribution in [2.24, 2.45) is 18.4 Å². The predicted octanol–water partition coefficient (Wildman–Crippen LogP) is 3.23. The van der Waals surface area contributed by atoms with Crippen LogP contribution in [0.1, 0.15) is 38.2 Å². The third-order valence-corrected chi connectivity index (χ3v) is 5.90. The highest BCUT2D eigenvalue weighted by molar-refractivity contribution is 6.19. The van der Waals surface area contributed by atoms with Crippen LogP contribution in [-0.4, -0.2) is 49.3 Å². The average Bonchev–Trinajstić information content (AvgIpc) is 3.07. The zero-order valence-electron chi connectivity index (χ0n) is 16.6. The van der Waals surface area contributed by atoms with Crippen molar-refractivity contribution in [3.63, 3.8) is 0 Å². The van der Waals surface area contributed by atoms with E-state index in [-0.39, 0.29) is 5.91 Å². The van der Waals surface area contributed by atoms with Gasteiger partial charge in [0.1, 0.15) is 11.5 Å². The van der Waals surface area contributed by atoms with Gasteiger partial charge in [-0.1, -0.05) is 0 Å². The first-order valence-corrected chi connectivity index (χ1v) is 10.0. The van der Waals surface area contributed by atoms with Crippen LogP contribution in [0.25, 0.3) is 11.5 Å². The molecule has 3 heterocycles. The first kappa shape index (κ1) is 19.8. The van der Waals surface area contributed by atoms with Crippen molar-refractivity contribution in [3.05, 3.63) is 30.0 Å². The summed E-state index contributed by atoms with van der Waals surface area (Å²) < 4.78 is 1.97.